The van der Waals surface area contributed by atoms with Gasteiger partial charge in [0.15, 0.2) is 0 Å². The van der Waals surface area contributed by atoms with Gasteiger partial charge in [0.1, 0.15) is 0 Å². The Bertz CT molecular complexity index is 719. The topological polar surface area (TPSA) is 57.2 Å². The predicted octanol–water partition coefficient (Wildman–Crippen LogP) is 4.61. The highest BCUT2D eigenvalue weighted by atomic mass is 32.2. The Morgan fingerprint density at radius 2 is 1.63 bits per heavy atom. The molecule has 0 unspecified atom stereocenters. The molecule has 4 nitrogen and oxygen atoms in total. The lowest BCUT2D eigenvalue weighted by atomic mass is 10.0. The quantitative estimate of drug-likeness (QED) is 0.225. The Labute approximate surface area is 165 Å². The maximum Gasteiger partial charge on any atom is 0.0972 e. The van der Waals surface area contributed by atoms with Crippen LogP contribution in [0.2, 0.25) is 0 Å². The average Bonchev–Trinajstić information content (AvgIpc) is 2.57. The minimum absolute atomic E-state index is 0.252. The number of benzene rings is 1. The van der Waals surface area contributed by atoms with E-state index in [-0.39, 0.29) is 5.75 Å². The van der Waals surface area contributed by atoms with Crippen LogP contribution in [-0.2, 0) is 10.1 Å². The van der Waals surface area contributed by atoms with Gasteiger partial charge in [0.2, 0.25) is 0 Å². The summed E-state index contributed by atoms with van der Waals surface area (Å²) in [5.74, 6) is -0.252. The van der Waals surface area contributed by atoms with Gasteiger partial charge in [-0.05, 0) is 57.6 Å². The zero-order chi connectivity index (χ0) is 20.3. The molecule has 1 aromatic rings. The highest BCUT2D eigenvalue weighted by molar-refractivity contribution is 7.85. The fraction of sp³-hybridized carbons (Fsp3) is 0.545. The third kappa shape index (κ3) is 12.6. The number of hydrogen-bond acceptors (Lipinski definition) is 3. The molecule has 0 radical (unpaired) electrons. The standard InChI is InChI=1S/C22H35NO3S/c1-20(11-10-12-21(2)19-22-13-6-5-7-14-22)15-17-23(3,4)16-8-9-18-27(24,25)26/h5-7,13-15,19H,8-12,16-18H2,1-4H3/b20-15+,21-19+. The summed E-state index contributed by atoms with van der Waals surface area (Å²) in [6, 6.07) is 10.4. The molecule has 0 aliphatic carbocycles. The van der Waals surface area contributed by atoms with E-state index in [1.807, 2.05) is 6.07 Å². The van der Waals surface area contributed by atoms with Crippen LogP contribution < -0.4 is 0 Å². The van der Waals surface area contributed by atoms with Crippen molar-refractivity contribution in [3.63, 3.8) is 0 Å². The normalized spacial score (nSPS) is 13.8. The first-order chi connectivity index (χ1) is 12.6. The van der Waals surface area contributed by atoms with Gasteiger partial charge in [0.25, 0.3) is 0 Å². The van der Waals surface area contributed by atoms with Crippen molar-refractivity contribution in [1.82, 2.24) is 0 Å². The lowest BCUT2D eigenvalue weighted by molar-refractivity contribution is -0.884. The van der Waals surface area contributed by atoms with Gasteiger partial charge in [0, 0.05) is 5.75 Å². The van der Waals surface area contributed by atoms with Crippen molar-refractivity contribution in [2.24, 2.45) is 0 Å². The second kappa shape index (κ2) is 11.4. The molecular weight excluding hydrogens is 358 g/mol. The summed E-state index contributed by atoms with van der Waals surface area (Å²) in [4.78, 5) is 0. The van der Waals surface area contributed by atoms with Crippen LogP contribution in [0.3, 0.4) is 0 Å². The van der Waals surface area contributed by atoms with E-state index in [4.69, 9.17) is 0 Å². The summed E-state index contributed by atoms with van der Waals surface area (Å²) in [7, 11) is 0.204. The second-order valence-electron chi connectivity index (χ2n) is 8.12. The Balaban J connectivity index is 2.31. The van der Waals surface area contributed by atoms with Crippen LogP contribution in [0.25, 0.3) is 6.08 Å². The van der Waals surface area contributed by atoms with Crippen LogP contribution in [0, 0.1) is 0 Å². The monoisotopic (exact) mass is 393 g/mol. The van der Waals surface area contributed by atoms with Crippen molar-refractivity contribution in [3.8, 4) is 0 Å². The number of rotatable bonds is 12. The van der Waals surface area contributed by atoms with Crippen molar-refractivity contribution in [3.05, 3.63) is 53.1 Å². The van der Waals surface area contributed by atoms with Gasteiger partial charge in [-0.1, -0.05) is 47.6 Å². The van der Waals surface area contributed by atoms with Crippen molar-refractivity contribution in [2.75, 3.05) is 32.9 Å². The fourth-order valence-corrected chi connectivity index (χ4v) is 3.52. The third-order valence-electron chi connectivity index (χ3n) is 4.70. The van der Waals surface area contributed by atoms with Crippen LogP contribution in [0.15, 0.2) is 47.6 Å². The molecule has 0 amide bonds. The Morgan fingerprint density at radius 3 is 2.26 bits per heavy atom. The molecule has 1 rings (SSSR count). The number of unbranched alkanes of at least 4 members (excludes halogenated alkanes) is 1. The molecule has 27 heavy (non-hydrogen) atoms. The number of nitrogens with zero attached hydrogens (tertiary/aromatic N) is 1. The van der Waals surface area contributed by atoms with Gasteiger partial charge in [-0.15, -0.1) is 0 Å². The second-order valence-corrected chi connectivity index (χ2v) is 9.64. The lowest BCUT2D eigenvalue weighted by Gasteiger charge is -2.29. The first kappa shape index (κ1) is 23.6. The molecular formula is C22H35NO3S. The van der Waals surface area contributed by atoms with Crippen LogP contribution in [0.4, 0.5) is 0 Å². The van der Waals surface area contributed by atoms with Gasteiger partial charge in [-0.25, -0.2) is 8.42 Å². The van der Waals surface area contributed by atoms with E-state index in [1.165, 1.54) is 16.7 Å². The SMILES string of the molecule is C/C(=C\C[N+](C)(C)CCCCS(=O)(=O)[O-])CCC/C(C)=C/c1ccccc1. The number of allylic oxidation sites excluding steroid dienone is 2. The van der Waals surface area contributed by atoms with E-state index in [0.717, 1.165) is 43.3 Å². The number of likely N-dealkylation sites (N-methyl/N-ethyl adjacent to an activating group) is 1. The van der Waals surface area contributed by atoms with Gasteiger partial charge in [-0.2, -0.15) is 0 Å². The largest absolute Gasteiger partial charge is 0.748 e. The first-order valence-corrected chi connectivity index (χ1v) is 11.3. The molecule has 0 spiro atoms. The van der Waals surface area contributed by atoms with Crippen molar-refractivity contribution in [2.45, 2.75) is 46.0 Å². The zero-order valence-corrected chi connectivity index (χ0v) is 18.1. The molecule has 0 atom stereocenters. The molecule has 5 heteroatoms. The van der Waals surface area contributed by atoms with Crippen molar-refractivity contribution in [1.29, 1.82) is 0 Å². The molecule has 1 aromatic carbocycles. The predicted molar refractivity (Wildman–Crippen MR) is 113 cm³/mol. The van der Waals surface area contributed by atoms with Gasteiger partial charge < -0.3 is 9.04 Å². The Kier molecular flexibility index (Phi) is 9.99. The molecule has 0 bridgehead atoms. The summed E-state index contributed by atoms with van der Waals surface area (Å²) < 4.78 is 32.8. The van der Waals surface area contributed by atoms with E-state index in [0.29, 0.717) is 6.42 Å². The van der Waals surface area contributed by atoms with Gasteiger partial charge >= 0.3 is 0 Å². The zero-order valence-electron chi connectivity index (χ0n) is 17.3. The van der Waals surface area contributed by atoms with Crippen LogP contribution in [-0.4, -0.2) is 50.4 Å². The number of quaternary nitrogens is 1. The van der Waals surface area contributed by atoms with Crippen LogP contribution >= 0.6 is 0 Å². The minimum atomic E-state index is -4.08. The minimum Gasteiger partial charge on any atom is -0.748 e. The van der Waals surface area contributed by atoms with E-state index in [9.17, 15) is 13.0 Å². The fourth-order valence-electron chi connectivity index (χ4n) is 2.97. The molecule has 0 aliphatic heterocycles. The summed E-state index contributed by atoms with van der Waals surface area (Å²) in [6.07, 6.45) is 9.08. The highest BCUT2D eigenvalue weighted by Gasteiger charge is 2.13. The van der Waals surface area contributed by atoms with Crippen molar-refractivity contribution < 1.29 is 17.5 Å². The Hall–Kier alpha value is -1.43. The van der Waals surface area contributed by atoms with Crippen LogP contribution in [0.1, 0.15) is 51.5 Å². The van der Waals surface area contributed by atoms with E-state index in [2.05, 4.69) is 64.4 Å². The maximum absolute atomic E-state index is 10.6. The maximum atomic E-state index is 10.6. The summed E-state index contributed by atoms with van der Waals surface area (Å²) in [5, 5.41) is 0. The summed E-state index contributed by atoms with van der Waals surface area (Å²) in [6.45, 7) is 6.17. The van der Waals surface area contributed by atoms with Gasteiger partial charge in [0.05, 0.1) is 37.3 Å². The number of hydrogen-bond donors (Lipinski definition) is 0. The van der Waals surface area contributed by atoms with E-state index >= 15 is 0 Å². The van der Waals surface area contributed by atoms with E-state index < -0.39 is 10.1 Å². The highest BCUT2D eigenvalue weighted by Crippen LogP contribution is 2.15. The lowest BCUT2D eigenvalue weighted by Crippen LogP contribution is -2.40. The molecule has 0 N–H and O–H groups in total. The molecule has 0 saturated heterocycles. The molecule has 0 aliphatic rings. The molecule has 152 valence electrons. The summed E-state index contributed by atoms with van der Waals surface area (Å²) in [5.41, 5.74) is 4.06. The average molecular weight is 394 g/mol. The molecule has 0 fully saturated rings. The first-order valence-electron chi connectivity index (χ1n) is 9.71. The third-order valence-corrected chi connectivity index (χ3v) is 5.49. The molecule has 0 aromatic heterocycles. The molecule has 0 heterocycles. The van der Waals surface area contributed by atoms with E-state index in [1.54, 1.807) is 0 Å². The van der Waals surface area contributed by atoms with Gasteiger partial charge in [-0.3, -0.25) is 0 Å². The van der Waals surface area contributed by atoms with Crippen molar-refractivity contribution >= 4 is 16.2 Å². The van der Waals surface area contributed by atoms with Crippen LogP contribution in [0.5, 0.6) is 0 Å². The molecule has 0 saturated carbocycles. The summed E-state index contributed by atoms with van der Waals surface area (Å²) >= 11 is 0. The Morgan fingerprint density at radius 1 is 1.00 bits per heavy atom. The smallest absolute Gasteiger partial charge is 0.0972 e.